The van der Waals surface area contributed by atoms with Gasteiger partial charge in [-0.15, -0.1) is 11.3 Å². The molecule has 1 aromatic carbocycles. The first-order valence-corrected chi connectivity index (χ1v) is 9.73. The van der Waals surface area contributed by atoms with Crippen molar-refractivity contribution >= 4 is 49.4 Å². The van der Waals surface area contributed by atoms with Gasteiger partial charge in [0.15, 0.2) is 0 Å². The van der Waals surface area contributed by atoms with Crippen molar-refractivity contribution < 1.29 is 0 Å². The average Bonchev–Trinajstić information content (AvgIpc) is 3.32. The molecule has 26 heavy (non-hydrogen) atoms. The third-order valence-electron chi connectivity index (χ3n) is 5.09. The fourth-order valence-electron chi connectivity index (χ4n) is 3.62. The summed E-state index contributed by atoms with van der Waals surface area (Å²) in [5.41, 5.74) is 6.11. The highest BCUT2D eigenvalue weighted by atomic mass is 32.1. The molecule has 0 radical (unpaired) electrons. The normalized spacial score (nSPS) is 14.7. The lowest BCUT2D eigenvalue weighted by Crippen LogP contribution is -2.19. The molecule has 0 spiro atoms. The van der Waals surface area contributed by atoms with Crippen LogP contribution >= 0.6 is 11.3 Å². The molecular formula is C21H20N4S. The molecule has 5 heteroatoms. The minimum Gasteiger partial charge on any atom is -0.361 e. The maximum atomic E-state index is 4.59. The third-order valence-corrected chi connectivity index (χ3v) is 6.21. The minimum absolute atomic E-state index is 0.956. The van der Waals surface area contributed by atoms with Crippen LogP contribution in [0.25, 0.3) is 26.7 Å². The second kappa shape index (κ2) is 6.27. The molecule has 0 aliphatic carbocycles. The molecule has 0 atom stereocenters. The van der Waals surface area contributed by atoms with Gasteiger partial charge in [-0.1, -0.05) is 6.08 Å². The predicted molar refractivity (Wildman–Crippen MR) is 111 cm³/mol. The summed E-state index contributed by atoms with van der Waals surface area (Å²) in [6.07, 6.45) is 7.26. The van der Waals surface area contributed by atoms with Gasteiger partial charge >= 0.3 is 0 Å². The zero-order valence-corrected chi connectivity index (χ0v) is 15.4. The summed E-state index contributed by atoms with van der Waals surface area (Å²) in [6, 6.07) is 10.8. The quantitative estimate of drug-likeness (QED) is 0.470. The van der Waals surface area contributed by atoms with Crippen molar-refractivity contribution in [2.45, 2.75) is 13.3 Å². The molecule has 0 unspecified atom stereocenters. The van der Waals surface area contributed by atoms with Gasteiger partial charge in [0.2, 0.25) is 0 Å². The molecule has 1 aliphatic heterocycles. The number of anilines is 2. The zero-order valence-electron chi connectivity index (χ0n) is 14.6. The molecule has 0 saturated heterocycles. The van der Waals surface area contributed by atoms with Crippen LogP contribution in [0.2, 0.25) is 0 Å². The van der Waals surface area contributed by atoms with E-state index in [4.69, 9.17) is 0 Å². The molecule has 0 fully saturated rings. The number of hydrogen-bond donors (Lipinski definition) is 3. The zero-order chi connectivity index (χ0) is 17.5. The molecule has 0 saturated carbocycles. The van der Waals surface area contributed by atoms with E-state index in [9.17, 15) is 0 Å². The second-order valence-electron chi connectivity index (χ2n) is 6.67. The predicted octanol–water partition coefficient (Wildman–Crippen LogP) is 5.21. The van der Waals surface area contributed by atoms with Crippen molar-refractivity contribution in [1.29, 1.82) is 0 Å². The first-order chi connectivity index (χ1) is 12.8. The SMILES string of the molecule is Cc1c(Nc2ccnc3sc(C4=CCNCC4)cc23)ccc2[nH]ccc12. The smallest absolute Gasteiger partial charge is 0.125 e. The summed E-state index contributed by atoms with van der Waals surface area (Å²) in [4.78, 5) is 10.3. The lowest BCUT2D eigenvalue weighted by molar-refractivity contribution is 0.739. The van der Waals surface area contributed by atoms with Gasteiger partial charge in [0.1, 0.15) is 4.83 Å². The van der Waals surface area contributed by atoms with E-state index in [1.807, 2.05) is 12.4 Å². The van der Waals surface area contributed by atoms with E-state index in [1.54, 1.807) is 11.3 Å². The largest absolute Gasteiger partial charge is 0.361 e. The maximum Gasteiger partial charge on any atom is 0.125 e. The molecule has 130 valence electrons. The van der Waals surface area contributed by atoms with Crippen LogP contribution < -0.4 is 10.6 Å². The van der Waals surface area contributed by atoms with E-state index in [0.29, 0.717) is 0 Å². The standard InChI is InChI=1S/C21H20N4S/c1-13-15-6-10-23-18(15)3-2-17(13)25-19-7-11-24-21-16(19)12-20(26-21)14-4-8-22-9-5-14/h2-4,6-7,10-12,22-23H,5,8-9H2,1H3,(H,24,25). The first kappa shape index (κ1) is 15.6. The molecule has 4 aromatic rings. The summed E-state index contributed by atoms with van der Waals surface area (Å²) in [5, 5.41) is 9.46. The number of thiophene rings is 1. The Balaban J connectivity index is 1.56. The summed E-state index contributed by atoms with van der Waals surface area (Å²) in [7, 11) is 0. The Labute approximate surface area is 156 Å². The van der Waals surface area contributed by atoms with Gasteiger partial charge in [-0.05, 0) is 61.4 Å². The monoisotopic (exact) mass is 360 g/mol. The number of aryl methyl sites for hydroxylation is 1. The highest BCUT2D eigenvalue weighted by Gasteiger charge is 2.13. The van der Waals surface area contributed by atoms with Crippen molar-refractivity contribution in [3.63, 3.8) is 0 Å². The van der Waals surface area contributed by atoms with E-state index in [-0.39, 0.29) is 0 Å². The van der Waals surface area contributed by atoms with E-state index in [0.717, 1.165) is 35.7 Å². The number of nitrogens with one attached hydrogen (secondary N) is 3. The number of pyridine rings is 1. The topological polar surface area (TPSA) is 52.7 Å². The second-order valence-corrected chi connectivity index (χ2v) is 7.70. The Hall–Kier alpha value is -2.63. The summed E-state index contributed by atoms with van der Waals surface area (Å²) in [6.45, 7) is 4.17. The number of fused-ring (bicyclic) bond motifs is 2. The number of benzene rings is 1. The van der Waals surface area contributed by atoms with Crippen LogP contribution in [0.15, 0.2) is 48.8 Å². The lowest BCUT2D eigenvalue weighted by atomic mass is 10.1. The molecule has 0 amide bonds. The fourth-order valence-corrected chi connectivity index (χ4v) is 4.71. The summed E-state index contributed by atoms with van der Waals surface area (Å²) in [5.74, 6) is 0. The molecule has 0 bridgehead atoms. The van der Waals surface area contributed by atoms with Crippen LogP contribution in [0.3, 0.4) is 0 Å². The molecule has 4 heterocycles. The Morgan fingerprint density at radius 3 is 2.96 bits per heavy atom. The molecule has 4 nitrogen and oxygen atoms in total. The Morgan fingerprint density at radius 2 is 2.08 bits per heavy atom. The lowest BCUT2D eigenvalue weighted by Gasteiger charge is -2.12. The van der Waals surface area contributed by atoms with Crippen LogP contribution in [0.4, 0.5) is 11.4 Å². The van der Waals surface area contributed by atoms with Crippen molar-refractivity contribution in [2.75, 3.05) is 18.4 Å². The Bertz CT molecular complexity index is 1140. The fraction of sp³-hybridized carbons (Fsp3) is 0.190. The minimum atomic E-state index is 0.956. The van der Waals surface area contributed by atoms with E-state index in [2.05, 4.69) is 63.9 Å². The Morgan fingerprint density at radius 1 is 1.12 bits per heavy atom. The molecule has 5 rings (SSSR count). The van der Waals surface area contributed by atoms with E-state index >= 15 is 0 Å². The number of aromatic nitrogens is 2. The van der Waals surface area contributed by atoms with Crippen LogP contribution in [-0.4, -0.2) is 23.1 Å². The van der Waals surface area contributed by atoms with Gasteiger partial charge in [-0.2, -0.15) is 0 Å². The Kier molecular flexibility index (Phi) is 3.76. The van der Waals surface area contributed by atoms with Crippen LogP contribution in [0, 0.1) is 6.92 Å². The molecule has 3 N–H and O–H groups in total. The highest BCUT2D eigenvalue weighted by molar-refractivity contribution is 7.19. The third kappa shape index (κ3) is 2.60. The van der Waals surface area contributed by atoms with Crippen molar-refractivity contribution in [3.05, 3.63) is 59.2 Å². The van der Waals surface area contributed by atoms with Gasteiger partial charge in [0.25, 0.3) is 0 Å². The van der Waals surface area contributed by atoms with Crippen LogP contribution in [0.1, 0.15) is 16.9 Å². The van der Waals surface area contributed by atoms with Crippen LogP contribution in [0.5, 0.6) is 0 Å². The highest BCUT2D eigenvalue weighted by Crippen LogP contribution is 2.36. The summed E-state index contributed by atoms with van der Waals surface area (Å²) < 4.78 is 0. The molecule has 1 aliphatic rings. The van der Waals surface area contributed by atoms with Gasteiger partial charge in [0.05, 0.1) is 5.69 Å². The molecule has 3 aromatic heterocycles. The molecular weight excluding hydrogens is 340 g/mol. The first-order valence-electron chi connectivity index (χ1n) is 8.92. The number of nitrogens with zero attached hydrogens (tertiary/aromatic N) is 1. The summed E-state index contributed by atoms with van der Waals surface area (Å²) >= 11 is 1.78. The van der Waals surface area contributed by atoms with Gasteiger partial charge < -0.3 is 15.6 Å². The number of H-pyrrole nitrogens is 1. The van der Waals surface area contributed by atoms with Crippen molar-refractivity contribution in [2.24, 2.45) is 0 Å². The van der Waals surface area contributed by atoms with E-state index in [1.165, 1.54) is 32.3 Å². The number of aromatic amines is 1. The van der Waals surface area contributed by atoms with Crippen molar-refractivity contribution in [1.82, 2.24) is 15.3 Å². The average molecular weight is 360 g/mol. The van der Waals surface area contributed by atoms with Gasteiger partial charge in [-0.25, -0.2) is 4.98 Å². The maximum absolute atomic E-state index is 4.59. The van der Waals surface area contributed by atoms with Crippen LogP contribution in [-0.2, 0) is 0 Å². The van der Waals surface area contributed by atoms with E-state index < -0.39 is 0 Å². The number of hydrogen-bond acceptors (Lipinski definition) is 4. The van der Waals surface area contributed by atoms with Gasteiger partial charge in [-0.3, -0.25) is 0 Å². The van der Waals surface area contributed by atoms with Crippen molar-refractivity contribution in [3.8, 4) is 0 Å². The number of rotatable bonds is 3. The van der Waals surface area contributed by atoms with Gasteiger partial charge in [0, 0.05) is 45.8 Å².